The number of hydrogen-bond donors (Lipinski definition) is 0. The summed E-state index contributed by atoms with van der Waals surface area (Å²) in [6.45, 7) is 4.42. The van der Waals surface area contributed by atoms with Crippen LogP contribution in [0, 0.1) is 0 Å². The number of hydrogen-bond acceptors (Lipinski definition) is 2. The summed E-state index contributed by atoms with van der Waals surface area (Å²) >= 11 is 1.91. The molecule has 0 N–H and O–H groups in total. The van der Waals surface area contributed by atoms with Crippen molar-refractivity contribution in [3.05, 3.63) is 71.3 Å². The Labute approximate surface area is 201 Å². The van der Waals surface area contributed by atoms with Crippen LogP contribution in [-0.4, -0.2) is 11.5 Å². The average molecular weight is 451 g/mol. The van der Waals surface area contributed by atoms with Crippen LogP contribution in [-0.2, 0) is 6.42 Å². The largest absolute Gasteiger partial charge is 0.289 e. The molecule has 0 fully saturated rings. The zero-order valence-electron chi connectivity index (χ0n) is 20.3. The summed E-state index contributed by atoms with van der Waals surface area (Å²) in [6, 6.07) is 16.4. The van der Waals surface area contributed by atoms with Gasteiger partial charge in [0.15, 0.2) is 5.78 Å². The van der Waals surface area contributed by atoms with Gasteiger partial charge in [-0.05, 0) is 60.1 Å². The lowest BCUT2D eigenvalue weighted by Gasteiger charge is -2.04. The zero-order valence-corrected chi connectivity index (χ0v) is 21.1. The Kier molecular flexibility index (Phi) is 13.9. The van der Waals surface area contributed by atoms with Gasteiger partial charge in [0.05, 0.1) is 0 Å². The van der Waals surface area contributed by atoms with Crippen molar-refractivity contribution in [3.63, 3.8) is 0 Å². The Bertz CT molecular complexity index is 791. The second kappa shape index (κ2) is 16.8. The van der Waals surface area contributed by atoms with Gasteiger partial charge in [0.25, 0.3) is 0 Å². The number of ketones is 1. The molecule has 0 aliphatic heterocycles. The monoisotopic (exact) mass is 450 g/mol. The molecule has 1 nitrogen and oxygen atoms in total. The summed E-state index contributed by atoms with van der Waals surface area (Å²) in [5.41, 5.74) is 3.13. The van der Waals surface area contributed by atoms with Gasteiger partial charge >= 0.3 is 0 Å². The smallest absolute Gasteiger partial charge is 0.185 e. The van der Waals surface area contributed by atoms with E-state index in [0.29, 0.717) is 0 Å². The maximum atomic E-state index is 12.5. The number of carbonyl (C=O) groups excluding carboxylic acids is 1. The molecule has 0 aromatic heterocycles. The van der Waals surface area contributed by atoms with Gasteiger partial charge in [0.1, 0.15) is 0 Å². The van der Waals surface area contributed by atoms with Gasteiger partial charge in [-0.2, -0.15) is 0 Å². The normalized spacial score (nSPS) is 11.3. The van der Waals surface area contributed by atoms with E-state index >= 15 is 0 Å². The fraction of sp³-hybridized carbons (Fsp3) is 0.500. The van der Waals surface area contributed by atoms with Crippen molar-refractivity contribution in [2.75, 3.05) is 5.75 Å². The fourth-order valence-electron chi connectivity index (χ4n) is 3.86. The van der Waals surface area contributed by atoms with Crippen LogP contribution < -0.4 is 0 Å². The standard InChI is InChI=1S/C30H42OS/c1-3-5-6-7-8-9-10-11-12-13-14-24-32-29-21-19-28(20-22-29)30(31)23-18-27-17-15-16-26(4-2)25-27/h15-23,25H,3-14,24H2,1-2H3. The lowest BCUT2D eigenvalue weighted by Crippen LogP contribution is -1.94. The first kappa shape index (κ1) is 26.5. The highest BCUT2D eigenvalue weighted by molar-refractivity contribution is 7.99. The zero-order chi connectivity index (χ0) is 22.9. The molecule has 0 saturated carbocycles. The van der Waals surface area contributed by atoms with Crippen molar-refractivity contribution >= 4 is 23.6 Å². The van der Waals surface area contributed by atoms with E-state index in [4.69, 9.17) is 0 Å². The molecule has 0 heterocycles. The van der Waals surface area contributed by atoms with Gasteiger partial charge in [0.2, 0.25) is 0 Å². The number of unbranched alkanes of at least 4 members (excludes halogenated alkanes) is 10. The van der Waals surface area contributed by atoms with Gasteiger partial charge < -0.3 is 0 Å². The van der Waals surface area contributed by atoms with Crippen LogP contribution in [0.1, 0.15) is 106 Å². The van der Waals surface area contributed by atoms with Gasteiger partial charge in [-0.3, -0.25) is 4.79 Å². The predicted octanol–water partition coefficient (Wildman–Crippen LogP) is 9.55. The quantitative estimate of drug-likeness (QED) is 0.103. The molecule has 0 aliphatic rings. The molecule has 0 saturated heterocycles. The molecule has 0 bridgehead atoms. The second-order valence-electron chi connectivity index (χ2n) is 8.70. The van der Waals surface area contributed by atoms with Crippen molar-refractivity contribution in [1.29, 1.82) is 0 Å². The molecule has 2 rings (SSSR count). The Morgan fingerprint density at radius 1 is 0.781 bits per heavy atom. The Morgan fingerprint density at radius 2 is 1.41 bits per heavy atom. The summed E-state index contributed by atoms with van der Waals surface area (Å²) in [4.78, 5) is 13.7. The third-order valence-corrected chi connectivity index (χ3v) is 7.04. The summed E-state index contributed by atoms with van der Waals surface area (Å²) < 4.78 is 0. The molecule has 32 heavy (non-hydrogen) atoms. The van der Waals surface area contributed by atoms with Crippen molar-refractivity contribution in [3.8, 4) is 0 Å². The highest BCUT2D eigenvalue weighted by atomic mass is 32.2. The summed E-state index contributed by atoms with van der Waals surface area (Å²) in [6.07, 6.45) is 19.8. The maximum Gasteiger partial charge on any atom is 0.185 e. The SMILES string of the molecule is CCCCCCCCCCCCCSc1ccc(C(=O)C=Cc2cccc(CC)c2)cc1. The first-order chi connectivity index (χ1) is 15.7. The second-order valence-corrected chi connectivity index (χ2v) is 9.87. The molecule has 0 atom stereocenters. The number of carbonyl (C=O) groups is 1. The number of allylic oxidation sites excluding steroid dienone is 1. The van der Waals surface area contributed by atoms with E-state index in [9.17, 15) is 4.79 Å². The van der Waals surface area contributed by atoms with E-state index in [1.165, 1.54) is 81.1 Å². The molecular formula is C30H42OS. The first-order valence-corrected chi connectivity index (χ1v) is 13.8. The highest BCUT2D eigenvalue weighted by Crippen LogP contribution is 2.21. The third kappa shape index (κ3) is 11.2. The topological polar surface area (TPSA) is 17.1 Å². The molecule has 174 valence electrons. The van der Waals surface area contributed by atoms with Crippen LogP contribution in [0.25, 0.3) is 6.08 Å². The minimum absolute atomic E-state index is 0.0637. The van der Waals surface area contributed by atoms with E-state index in [0.717, 1.165) is 23.3 Å². The summed E-state index contributed by atoms with van der Waals surface area (Å²) in [5, 5.41) is 0. The van der Waals surface area contributed by atoms with Crippen LogP contribution in [0.4, 0.5) is 0 Å². The van der Waals surface area contributed by atoms with Crippen LogP contribution in [0.3, 0.4) is 0 Å². The minimum Gasteiger partial charge on any atom is -0.289 e. The molecule has 0 unspecified atom stereocenters. The van der Waals surface area contributed by atoms with E-state index in [1.54, 1.807) is 6.08 Å². The van der Waals surface area contributed by atoms with Gasteiger partial charge in [-0.25, -0.2) is 0 Å². The predicted molar refractivity (Wildman–Crippen MR) is 143 cm³/mol. The number of aryl methyl sites for hydroxylation is 1. The molecular weight excluding hydrogens is 408 g/mol. The highest BCUT2D eigenvalue weighted by Gasteiger charge is 2.03. The van der Waals surface area contributed by atoms with Crippen molar-refractivity contribution in [2.24, 2.45) is 0 Å². The molecule has 0 aliphatic carbocycles. The molecule has 0 radical (unpaired) electrons. The van der Waals surface area contributed by atoms with Crippen molar-refractivity contribution in [1.82, 2.24) is 0 Å². The molecule has 2 aromatic carbocycles. The van der Waals surface area contributed by atoms with E-state index in [2.05, 4.69) is 38.1 Å². The molecule has 0 spiro atoms. The van der Waals surface area contributed by atoms with Crippen LogP contribution in [0.2, 0.25) is 0 Å². The maximum absolute atomic E-state index is 12.5. The number of benzene rings is 2. The van der Waals surface area contributed by atoms with Crippen molar-refractivity contribution < 1.29 is 4.79 Å². The summed E-state index contributed by atoms with van der Waals surface area (Å²) in [7, 11) is 0. The molecule has 0 amide bonds. The molecule has 2 heteroatoms. The van der Waals surface area contributed by atoms with Gasteiger partial charge in [-0.15, -0.1) is 11.8 Å². The van der Waals surface area contributed by atoms with Gasteiger partial charge in [-0.1, -0.05) is 108 Å². The Hall–Kier alpha value is -1.80. The first-order valence-electron chi connectivity index (χ1n) is 12.8. The number of thioether (sulfide) groups is 1. The third-order valence-electron chi connectivity index (χ3n) is 5.94. The average Bonchev–Trinajstić information content (AvgIpc) is 2.83. The Balaban J connectivity index is 1.58. The van der Waals surface area contributed by atoms with Crippen LogP contribution in [0.15, 0.2) is 59.5 Å². The van der Waals surface area contributed by atoms with Crippen LogP contribution in [0.5, 0.6) is 0 Å². The lowest BCUT2D eigenvalue weighted by atomic mass is 10.1. The van der Waals surface area contributed by atoms with Gasteiger partial charge in [0, 0.05) is 10.5 Å². The van der Waals surface area contributed by atoms with E-state index in [-0.39, 0.29) is 5.78 Å². The van der Waals surface area contributed by atoms with Crippen LogP contribution >= 0.6 is 11.8 Å². The van der Waals surface area contributed by atoms with Crippen molar-refractivity contribution in [2.45, 2.75) is 95.8 Å². The Morgan fingerprint density at radius 3 is 2.03 bits per heavy atom. The van der Waals surface area contributed by atoms with E-state index < -0.39 is 0 Å². The fourth-order valence-corrected chi connectivity index (χ4v) is 4.77. The van der Waals surface area contributed by atoms with E-state index in [1.807, 2.05) is 42.1 Å². The minimum atomic E-state index is 0.0637. The summed E-state index contributed by atoms with van der Waals surface area (Å²) in [5.74, 6) is 1.23. The lowest BCUT2D eigenvalue weighted by molar-refractivity contribution is 0.104. The molecule has 2 aromatic rings. The number of rotatable bonds is 17.